The molecule has 0 unspecified atom stereocenters. The Morgan fingerprint density at radius 1 is 1.09 bits per heavy atom. The summed E-state index contributed by atoms with van der Waals surface area (Å²) < 4.78 is 80.0. The maximum Gasteiger partial charge on any atom is 0.434 e. The number of carbonyl (C=O) groups excluding carboxylic acids is 1. The zero-order valence-electron chi connectivity index (χ0n) is 24.3. The highest BCUT2D eigenvalue weighted by Gasteiger charge is 2.62. The zero-order chi connectivity index (χ0) is 31.7. The van der Waals surface area contributed by atoms with Gasteiger partial charge in [0, 0.05) is 37.1 Å². The van der Waals surface area contributed by atoms with Gasteiger partial charge in [-0.15, -0.1) is 0 Å². The van der Waals surface area contributed by atoms with Gasteiger partial charge in [0.25, 0.3) is 12.3 Å². The summed E-state index contributed by atoms with van der Waals surface area (Å²) in [7, 11) is 0. The predicted octanol–water partition coefficient (Wildman–Crippen LogP) is 5.35. The molecule has 5 fully saturated rings. The van der Waals surface area contributed by atoms with E-state index in [1.165, 1.54) is 11.0 Å². The van der Waals surface area contributed by atoms with E-state index in [4.69, 9.17) is 9.47 Å². The predicted molar refractivity (Wildman–Crippen MR) is 149 cm³/mol. The lowest BCUT2D eigenvalue weighted by atomic mass is 9.48. The number of ether oxygens (including phenoxy) is 2. The van der Waals surface area contributed by atoms with Gasteiger partial charge in [-0.05, 0) is 92.4 Å². The number of aliphatic carboxylic acids is 1. The number of rotatable bonds is 7. The molecule has 1 spiro atoms. The minimum Gasteiger partial charge on any atom is -0.488 e. The summed E-state index contributed by atoms with van der Waals surface area (Å²) in [4.78, 5) is 35.9. The summed E-state index contributed by atoms with van der Waals surface area (Å²) in [5, 5.41) is 12.9. The third-order valence-corrected chi connectivity index (χ3v) is 10.7. The lowest BCUT2D eigenvalue weighted by Crippen LogP contribution is -2.70. The van der Waals surface area contributed by atoms with Gasteiger partial charge in [-0.2, -0.15) is 13.2 Å². The van der Waals surface area contributed by atoms with Crippen LogP contribution in [0.4, 0.5) is 33.6 Å². The Hall–Kier alpha value is -3.55. The summed E-state index contributed by atoms with van der Waals surface area (Å²) in [5.74, 6) is -2.41. The van der Waals surface area contributed by atoms with Crippen LogP contribution >= 0.6 is 0 Å². The number of anilines is 2. The maximum absolute atomic E-state index is 14.5. The monoisotopic (exact) mass is 636 g/mol. The van der Waals surface area contributed by atoms with Crippen molar-refractivity contribution in [3.8, 4) is 5.75 Å². The first kappa shape index (κ1) is 30.1. The molecular weight excluding hydrogens is 603 g/mol. The number of carboxylic acids is 1. The lowest BCUT2D eigenvalue weighted by Gasteiger charge is -2.59. The smallest absolute Gasteiger partial charge is 0.434 e. The highest BCUT2D eigenvalue weighted by molar-refractivity contribution is 5.99. The van der Waals surface area contributed by atoms with Gasteiger partial charge in [0.1, 0.15) is 17.9 Å². The topological polar surface area (TPSA) is 114 Å². The second kappa shape index (κ2) is 10.8. The van der Waals surface area contributed by atoms with Crippen molar-refractivity contribution in [1.82, 2.24) is 15.3 Å². The number of aromatic nitrogens is 2. The van der Waals surface area contributed by atoms with Crippen molar-refractivity contribution in [1.29, 1.82) is 0 Å². The van der Waals surface area contributed by atoms with Crippen LogP contribution in [0.2, 0.25) is 0 Å². The molecule has 45 heavy (non-hydrogen) atoms. The molecule has 4 saturated carbocycles. The van der Waals surface area contributed by atoms with E-state index in [1.54, 1.807) is 12.1 Å². The minimum atomic E-state index is -5.04. The molecule has 0 atom stereocenters. The van der Waals surface area contributed by atoms with Gasteiger partial charge in [0.05, 0.1) is 5.56 Å². The Balaban J connectivity index is 1.23. The van der Waals surface area contributed by atoms with Gasteiger partial charge in [-0.25, -0.2) is 23.5 Å². The molecule has 6 aliphatic rings. The number of hydrogen-bond acceptors (Lipinski definition) is 7. The van der Waals surface area contributed by atoms with Crippen LogP contribution in [-0.2, 0) is 21.1 Å². The molecule has 1 saturated heterocycles. The van der Waals surface area contributed by atoms with Crippen LogP contribution in [0.5, 0.6) is 5.75 Å². The zero-order valence-corrected chi connectivity index (χ0v) is 24.3. The van der Waals surface area contributed by atoms with Crippen LogP contribution in [0.1, 0.15) is 66.6 Å². The Labute approximate surface area is 255 Å². The molecule has 2 aromatic rings. The Bertz CT molecular complexity index is 1480. The van der Waals surface area contributed by atoms with Gasteiger partial charge < -0.3 is 24.8 Å². The SMILES string of the molecule is O=C(NC1(C(=O)O)C2CC3CC(C2)CC1C3)c1cnc(N2CC3(CCOCC3)c3cc(OCC(F)F)ccc32)nc1C(F)(F)F. The van der Waals surface area contributed by atoms with Crippen molar-refractivity contribution in [2.24, 2.45) is 23.7 Å². The van der Waals surface area contributed by atoms with Crippen LogP contribution in [-0.4, -0.2) is 65.3 Å². The van der Waals surface area contributed by atoms with Gasteiger partial charge >= 0.3 is 12.1 Å². The van der Waals surface area contributed by atoms with E-state index in [-0.39, 0.29) is 30.1 Å². The molecule has 3 heterocycles. The molecular formula is C31H33F5N4O5. The largest absolute Gasteiger partial charge is 0.488 e. The fourth-order valence-electron chi connectivity index (χ4n) is 8.94. The second-order valence-corrected chi connectivity index (χ2v) is 13.2. The summed E-state index contributed by atoms with van der Waals surface area (Å²) >= 11 is 0. The van der Waals surface area contributed by atoms with Crippen molar-refractivity contribution < 1.29 is 46.1 Å². The van der Waals surface area contributed by atoms with Crippen molar-refractivity contribution in [3.05, 3.63) is 41.2 Å². The normalized spacial score (nSPS) is 29.7. The van der Waals surface area contributed by atoms with Gasteiger partial charge in [0.15, 0.2) is 5.69 Å². The van der Waals surface area contributed by atoms with Crippen molar-refractivity contribution in [2.45, 2.75) is 68.5 Å². The molecule has 4 aliphatic carbocycles. The number of benzene rings is 1. The molecule has 1 amide bonds. The molecule has 0 radical (unpaired) electrons. The lowest BCUT2D eigenvalue weighted by molar-refractivity contribution is -0.163. The number of amides is 1. The van der Waals surface area contributed by atoms with E-state index in [0.29, 0.717) is 74.8 Å². The third-order valence-electron chi connectivity index (χ3n) is 10.7. The van der Waals surface area contributed by atoms with Crippen molar-refractivity contribution >= 4 is 23.5 Å². The first-order valence-corrected chi connectivity index (χ1v) is 15.3. The highest BCUT2D eigenvalue weighted by atomic mass is 19.4. The summed E-state index contributed by atoms with van der Waals surface area (Å²) in [6, 6.07) is 4.68. The second-order valence-electron chi connectivity index (χ2n) is 13.2. The average Bonchev–Trinajstić information content (AvgIpc) is 3.29. The van der Waals surface area contributed by atoms with E-state index in [2.05, 4.69) is 15.3 Å². The van der Waals surface area contributed by atoms with Crippen LogP contribution in [0.15, 0.2) is 24.4 Å². The molecule has 2 N–H and O–H groups in total. The van der Waals surface area contributed by atoms with E-state index in [0.717, 1.165) is 12.6 Å². The Morgan fingerprint density at radius 2 is 1.76 bits per heavy atom. The fourth-order valence-corrected chi connectivity index (χ4v) is 8.94. The van der Waals surface area contributed by atoms with Crippen molar-refractivity contribution in [3.63, 3.8) is 0 Å². The summed E-state index contributed by atoms with van der Waals surface area (Å²) in [5.41, 5.74) is -3.29. The number of carboxylic acid groups (broad SMARTS) is 1. The maximum atomic E-state index is 14.5. The molecule has 1 aromatic carbocycles. The quantitative estimate of drug-likeness (QED) is 0.392. The van der Waals surface area contributed by atoms with Crippen LogP contribution in [0, 0.1) is 23.7 Å². The standard InChI is InChI=1S/C31H33F5N4O5/c32-24(33)14-45-20-1-2-23-22(12-20)29(3-5-44-6-4-29)15-40(23)28-37-13-21(25(38-28)31(34,35)36)26(41)39-30(27(42)43)18-8-16-7-17(10-18)11-19(30)9-16/h1-2,12-13,16-19,24H,3-11,14-15H2,(H,39,41)(H,42,43). The molecule has 4 bridgehead atoms. The molecule has 242 valence electrons. The van der Waals surface area contributed by atoms with E-state index in [9.17, 15) is 36.6 Å². The molecule has 14 heteroatoms. The number of nitrogens with zero attached hydrogens (tertiary/aromatic N) is 3. The number of halogens is 5. The number of nitrogens with one attached hydrogen (secondary N) is 1. The van der Waals surface area contributed by atoms with Gasteiger partial charge in [0.2, 0.25) is 5.95 Å². The van der Waals surface area contributed by atoms with E-state index < -0.39 is 53.3 Å². The molecule has 9 nitrogen and oxygen atoms in total. The third kappa shape index (κ3) is 4.99. The van der Waals surface area contributed by atoms with Crippen LogP contribution in [0.25, 0.3) is 0 Å². The first-order valence-electron chi connectivity index (χ1n) is 15.3. The number of hydrogen-bond donors (Lipinski definition) is 2. The van der Waals surface area contributed by atoms with E-state index >= 15 is 0 Å². The van der Waals surface area contributed by atoms with Crippen molar-refractivity contribution in [2.75, 3.05) is 31.3 Å². The molecule has 1 aromatic heterocycles. The van der Waals surface area contributed by atoms with E-state index in [1.807, 2.05) is 0 Å². The van der Waals surface area contributed by atoms with Gasteiger partial charge in [-0.3, -0.25) is 4.79 Å². The Morgan fingerprint density at radius 3 is 2.36 bits per heavy atom. The van der Waals surface area contributed by atoms with Crippen LogP contribution in [0.3, 0.4) is 0 Å². The summed E-state index contributed by atoms with van der Waals surface area (Å²) in [6.07, 6.45) is -2.32. The number of alkyl halides is 5. The number of carbonyl (C=O) groups is 2. The minimum absolute atomic E-state index is 0.209. The van der Waals surface area contributed by atoms with Gasteiger partial charge in [-0.1, -0.05) is 0 Å². The molecule has 8 rings (SSSR count). The number of fused-ring (bicyclic) bond motifs is 2. The average molecular weight is 637 g/mol. The highest BCUT2D eigenvalue weighted by Crippen LogP contribution is 2.58. The van der Waals surface area contributed by atoms with Crippen LogP contribution < -0.4 is 15.0 Å². The Kier molecular flexibility index (Phi) is 7.21. The first-order chi connectivity index (χ1) is 21.4. The summed E-state index contributed by atoms with van der Waals surface area (Å²) in [6.45, 7) is 0.211. The molecule has 2 aliphatic heterocycles. The fraction of sp³-hybridized carbons (Fsp3) is 0.613.